The molecule has 1 heterocycles. The molecule has 0 radical (unpaired) electrons. The fraction of sp³-hybridized carbons (Fsp3) is 0.148. The summed E-state index contributed by atoms with van der Waals surface area (Å²) in [6, 6.07) is 11.5. The fourth-order valence-corrected chi connectivity index (χ4v) is 4.39. The number of benzene rings is 3. The van der Waals surface area contributed by atoms with Crippen LogP contribution in [0.5, 0.6) is 5.75 Å². The van der Waals surface area contributed by atoms with Crippen molar-refractivity contribution in [3.8, 4) is 5.75 Å². The third-order valence-corrected chi connectivity index (χ3v) is 6.17. The van der Waals surface area contributed by atoms with Crippen LogP contribution in [0.1, 0.15) is 27.8 Å². The molecular weight excluding hydrogens is 544 g/mol. The van der Waals surface area contributed by atoms with Crippen molar-refractivity contribution in [1.82, 2.24) is 5.32 Å². The van der Waals surface area contributed by atoms with Crippen molar-refractivity contribution in [2.75, 3.05) is 4.90 Å². The van der Waals surface area contributed by atoms with Crippen LogP contribution in [0.2, 0.25) is 10.0 Å². The van der Waals surface area contributed by atoms with Crippen LogP contribution in [0.4, 0.5) is 23.7 Å². The lowest BCUT2D eigenvalue weighted by atomic mass is 10.1. The SMILES string of the molecule is Cc1cc(C)cc(COc2ccc(/C=C3/C(=O)NC(=O)N(c4cc(C(F)(F)F)ccc4Cl)C3=O)cc2Cl)c1. The third kappa shape index (κ3) is 5.84. The Kier molecular flexibility index (Phi) is 7.53. The van der Waals surface area contributed by atoms with Gasteiger partial charge in [0.15, 0.2) is 0 Å². The molecule has 0 aromatic heterocycles. The number of nitrogens with one attached hydrogen (secondary N) is 1. The summed E-state index contributed by atoms with van der Waals surface area (Å²) in [6.07, 6.45) is -3.58. The van der Waals surface area contributed by atoms with Crippen LogP contribution >= 0.6 is 23.2 Å². The molecular formula is C27H19Cl2F3N2O4. The van der Waals surface area contributed by atoms with Crippen LogP contribution in [0, 0.1) is 13.8 Å². The molecule has 3 aromatic rings. The number of rotatable bonds is 5. The summed E-state index contributed by atoms with van der Waals surface area (Å²) in [5.74, 6) is -1.81. The zero-order chi connectivity index (χ0) is 27.8. The summed E-state index contributed by atoms with van der Waals surface area (Å²) in [4.78, 5) is 38.4. The number of hydrogen-bond acceptors (Lipinski definition) is 4. The minimum Gasteiger partial charge on any atom is -0.487 e. The minimum atomic E-state index is -4.75. The van der Waals surface area contributed by atoms with Gasteiger partial charge in [0.25, 0.3) is 11.8 Å². The maximum atomic E-state index is 13.2. The van der Waals surface area contributed by atoms with Crippen molar-refractivity contribution < 1.29 is 32.3 Å². The summed E-state index contributed by atoms with van der Waals surface area (Å²) in [7, 11) is 0. The van der Waals surface area contributed by atoms with Crippen molar-refractivity contribution >= 4 is 52.8 Å². The molecule has 1 aliphatic heterocycles. The second-order valence-electron chi connectivity index (χ2n) is 8.60. The Labute approximate surface area is 225 Å². The highest BCUT2D eigenvalue weighted by atomic mass is 35.5. The van der Waals surface area contributed by atoms with E-state index >= 15 is 0 Å². The van der Waals surface area contributed by atoms with Gasteiger partial charge in [-0.15, -0.1) is 0 Å². The molecule has 38 heavy (non-hydrogen) atoms. The minimum absolute atomic E-state index is 0.196. The van der Waals surface area contributed by atoms with E-state index in [1.54, 1.807) is 6.07 Å². The average Bonchev–Trinajstić information content (AvgIpc) is 2.81. The number of hydrogen-bond donors (Lipinski definition) is 1. The maximum Gasteiger partial charge on any atom is 0.416 e. The highest BCUT2D eigenvalue weighted by Crippen LogP contribution is 2.37. The zero-order valence-corrected chi connectivity index (χ0v) is 21.5. The molecule has 11 heteroatoms. The van der Waals surface area contributed by atoms with Crippen molar-refractivity contribution in [3.63, 3.8) is 0 Å². The zero-order valence-electron chi connectivity index (χ0n) is 20.0. The first-order chi connectivity index (χ1) is 17.8. The fourth-order valence-electron chi connectivity index (χ4n) is 3.94. The van der Waals surface area contributed by atoms with E-state index in [0.29, 0.717) is 28.3 Å². The summed E-state index contributed by atoms with van der Waals surface area (Å²) in [5, 5.41) is 1.86. The largest absolute Gasteiger partial charge is 0.487 e. The molecule has 4 amide bonds. The molecule has 1 N–H and O–H groups in total. The number of ether oxygens (including phenoxy) is 1. The number of amides is 4. The van der Waals surface area contributed by atoms with E-state index in [1.165, 1.54) is 12.1 Å². The topological polar surface area (TPSA) is 75.7 Å². The summed E-state index contributed by atoms with van der Waals surface area (Å²) < 4.78 is 45.4. The van der Waals surface area contributed by atoms with Gasteiger partial charge in [0, 0.05) is 0 Å². The van der Waals surface area contributed by atoms with Crippen molar-refractivity contribution in [2.24, 2.45) is 0 Å². The van der Waals surface area contributed by atoms with Gasteiger partial charge in [-0.3, -0.25) is 14.9 Å². The number of carbonyl (C=O) groups excluding carboxylic acids is 3. The Morgan fingerprint density at radius 1 is 0.921 bits per heavy atom. The molecule has 0 atom stereocenters. The van der Waals surface area contributed by atoms with Crippen molar-refractivity contribution in [3.05, 3.63) is 98.0 Å². The van der Waals surface area contributed by atoms with Gasteiger partial charge in [0.05, 0.1) is 21.3 Å². The predicted molar refractivity (Wildman–Crippen MR) is 137 cm³/mol. The molecule has 0 unspecified atom stereocenters. The molecule has 0 bridgehead atoms. The Bertz CT molecular complexity index is 1480. The lowest BCUT2D eigenvalue weighted by molar-refractivity contribution is -0.137. The van der Waals surface area contributed by atoms with Gasteiger partial charge in [0.1, 0.15) is 17.9 Å². The van der Waals surface area contributed by atoms with E-state index in [9.17, 15) is 27.6 Å². The second kappa shape index (κ2) is 10.5. The van der Waals surface area contributed by atoms with Crippen LogP contribution in [0.25, 0.3) is 6.08 Å². The second-order valence-corrected chi connectivity index (χ2v) is 9.41. The molecule has 3 aromatic carbocycles. The first-order valence-corrected chi connectivity index (χ1v) is 11.9. The molecule has 1 aliphatic rings. The molecule has 0 spiro atoms. The Morgan fingerprint density at radius 2 is 1.61 bits per heavy atom. The number of alkyl halides is 3. The molecule has 0 saturated carbocycles. The Balaban J connectivity index is 1.61. The van der Waals surface area contributed by atoms with Gasteiger partial charge in [-0.25, -0.2) is 9.69 Å². The molecule has 6 nitrogen and oxygen atoms in total. The van der Waals surface area contributed by atoms with E-state index in [1.807, 2.05) is 37.4 Å². The number of urea groups is 1. The summed E-state index contributed by atoms with van der Waals surface area (Å²) in [5.41, 5.74) is 1.30. The van der Waals surface area contributed by atoms with E-state index < -0.39 is 40.8 Å². The van der Waals surface area contributed by atoms with Crippen LogP contribution in [-0.2, 0) is 22.4 Å². The molecule has 1 fully saturated rings. The van der Waals surface area contributed by atoms with Gasteiger partial charge in [-0.05, 0) is 61.4 Å². The highest BCUT2D eigenvalue weighted by Gasteiger charge is 2.39. The standard InChI is InChI=1S/C27H19Cl2F3N2O4/c1-14-7-15(2)9-17(8-14)13-38-23-6-3-16(11-21(23)29)10-19-24(35)33-26(37)34(25(19)36)22-12-18(27(30,31)32)4-5-20(22)28/h3-12H,13H2,1-2H3,(H,33,35,37)/b19-10-. The lowest BCUT2D eigenvalue weighted by Crippen LogP contribution is -2.54. The van der Waals surface area contributed by atoms with Crippen LogP contribution in [-0.4, -0.2) is 17.8 Å². The quantitative estimate of drug-likeness (QED) is 0.272. The predicted octanol–water partition coefficient (Wildman–Crippen LogP) is 6.87. The Hall–Kier alpha value is -3.82. The number of barbiturate groups is 1. The number of halogens is 5. The summed E-state index contributed by atoms with van der Waals surface area (Å²) in [6.45, 7) is 4.21. The normalized spacial score (nSPS) is 15.2. The molecule has 0 aliphatic carbocycles. The van der Waals surface area contributed by atoms with Crippen LogP contribution in [0.15, 0.2) is 60.2 Å². The number of carbonyl (C=O) groups is 3. The number of nitrogens with zero attached hydrogens (tertiary/aromatic N) is 1. The maximum absolute atomic E-state index is 13.2. The Morgan fingerprint density at radius 3 is 2.24 bits per heavy atom. The van der Waals surface area contributed by atoms with E-state index in [4.69, 9.17) is 27.9 Å². The third-order valence-electron chi connectivity index (χ3n) is 5.56. The van der Waals surface area contributed by atoms with Crippen molar-refractivity contribution in [2.45, 2.75) is 26.6 Å². The van der Waals surface area contributed by atoms with Gasteiger partial charge < -0.3 is 4.74 Å². The smallest absolute Gasteiger partial charge is 0.416 e. The van der Waals surface area contributed by atoms with E-state index in [-0.39, 0.29) is 16.7 Å². The first kappa shape index (κ1) is 27.2. The van der Waals surface area contributed by atoms with Gasteiger partial charge in [-0.1, -0.05) is 58.6 Å². The van der Waals surface area contributed by atoms with E-state index in [0.717, 1.165) is 28.8 Å². The van der Waals surface area contributed by atoms with Gasteiger partial charge in [0.2, 0.25) is 0 Å². The molecule has 1 saturated heterocycles. The monoisotopic (exact) mass is 562 g/mol. The van der Waals surface area contributed by atoms with Crippen LogP contribution in [0.3, 0.4) is 0 Å². The number of aryl methyl sites for hydroxylation is 2. The number of imide groups is 2. The average molecular weight is 563 g/mol. The van der Waals surface area contributed by atoms with Gasteiger partial charge in [-0.2, -0.15) is 13.2 Å². The van der Waals surface area contributed by atoms with E-state index in [2.05, 4.69) is 0 Å². The van der Waals surface area contributed by atoms with Crippen molar-refractivity contribution in [1.29, 1.82) is 0 Å². The van der Waals surface area contributed by atoms with Crippen LogP contribution < -0.4 is 15.0 Å². The first-order valence-electron chi connectivity index (χ1n) is 11.1. The highest BCUT2D eigenvalue weighted by molar-refractivity contribution is 6.42. The summed E-state index contributed by atoms with van der Waals surface area (Å²) >= 11 is 12.4. The lowest BCUT2D eigenvalue weighted by Gasteiger charge is -2.27. The van der Waals surface area contributed by atoms with Gasteiger partial charge >= 0.3 is 12.2 Å². The molecule has 196 valence electrons. The number of anilines is 1. The molecule has 4 rings (SSSR count).